The molecular formula is C17H21N5O5. The highest BCUT2D eigenvalue weighted by Crippen LogP contribution is 2.36. The van der Waals surface area contributed by atoms with Crippen molar-refractivity contribution in [3.8, 4) is 11.4 Å². The molecule has 0 unspecified atom stereocenters. The maximum absolute atomic E-state index is 10.7. The molecule has 0 radical (unpaired) electrons. The second-order valence-corrected chi connectivity index (χ2v) is 6.79. The molecule has 0 spiro atoms. The van der Waals surface area contributed by atoms with Crippen molar-refractivity contribution in [2.45, 2.75) is 24.4 Å². The molecule has 0 amide bonds. The number of anilines is 1. The van der Waals surface area contributed by atoms with Crippen LogP contribution in [0.5, 0.6) is 0 Å². The number of hydrogen-bond donors (Lipinski definition) is 1. The monoisotopic (exact) mass is 375 g/mol. The molecule has 2 aromatic rings. The predicted molar refractivity (Wildman–Crippen MR) is 93.5 cm³/mol. The number of carboxylic acid groups (broad SMARTS) is 1. The maximum Gasteiger partial charge on any atom is 0.329 e. The van der Waals surface area contributed by atoms with Gasteiger partial charge in [0.25, 0.3) is 0 Å². The molecule has 3 heterocycles. The number of aromatic nitrogens is 4. The summed E-state index contributed by atoms with van der Waals surface area (Å²) in [6, 6.07) is 7.75. The number of carbonyl (C=O) groups is 1. The quantitative estimate of drug-likeness (QED) is 0.757. The highest BCUT2D eigenvalue weighted by atomic mass is 16.6. The van der Waals surface area contributed by atoms with Gasteiger partial charge in [0.05, 0.1) is 13.2 Å². The van der Waals surface area contributed by atoms with Gasteiger partial charge in [0.1, 0.15) is 31.0 Å². The van der Waals surface area contributed by atoms with Gasteiger partial charge >= 0.3 is 5.97 Å². The number of hydrogen-bond acceptors (Lipinski definition) is 8. The zero-order chi connectivity index (χ0) is 19.0. The number of benzene rings is 1. The third-order valence-corrected chi connectivity index (χ3v) is 4.85. The summed E-state index contributed by atoms with van der Waals surface area (Å²) in [5.74, 6) is -0.384. The van der Waals surface area contributed by atoms with Gasteiger partial charge in [0.15, 0.2) is 5.82 Å². The molecule has 1 N–H and O–H groups in total. The van der Waals surface area contributed by atoms with E-state index >= 15 is 0 Å². The Hall–Kier alpha value is -2.56. The number of carboxylic acids is 1. The lowest BCUT2D eigenvalue weighted by atomic mass is 10.1. The first-order chi connectivity index (χ1) is 13.0. The summed E-state index contributed by atoms with van der Waals surface area (Å²) >= 11 is 0. The molecule has 4 atom stereocenters. The number of fused-ring (bicyclic) bond motifs is 1. The first-order valence-electron chi connectivity index (χ1n) is 8.67. The van der Waals surface area contributed by atoms with Crippen LogP contribution in [0.4, 0.5) is 5.69 Å². The Balaban J connectivity index is 1.52. The van der Waals surface area contributed by atoms with E-state index in [2.05, 4.69) is 15.5 Å². The van der Waals surface area contributed by atoms with Crippen molar-refractivity contribution in [3.63, 3.8) is 0 Å². The third-order valence-electron chi connectivity index (χ3n) is 4.85. The standard InChI is InChI=1S/C17H21N5O5/c1-21(2)11-5-3-10(4-6-11)17-18-19-20-22(17)12-7-26-16-13(8-27-15(12)16)25-9-14(23)24/h3-6,12-13,15-16H,7-9H2,1-2H3,(H,23,24)/t12-,13-,15-,16+/m1/s1. The maximum atomic E-state index is 10.7. The Morgan fingerprint density at radius 1 is 1.26 bits per heavy atom. The Bertz CT molecular complexity index is 808. The van der Waals surface area contributed by atoms with E-state index in [1.54, 1.807) is 4.68 Å². The van der Waals surface area contributed by atoms with Crippen LogP contribution in [0.1, 0.15) is 6.04 Å². The summed E-state index contributed by atoms with van der Waals surface area (Å²) in [6.07, 6.45) is -1.02. The van der Waals surface area contributed by atoms with Gasteiger partial charge in [0.2, 0.25) is 0 Å². The number of tetrazole rings is 1. The summed E-state index contributed by atoms with van der Waals surface area (Å²) in [7, 11) is 3.96. The summed E-state index contributed by atoms with van der Waals surface area (Å²) in [5.41, 5.74) is 1.98. The smallest absolute Gasteiger partial charge is 0.329 e. The van der Waals surface area contributed by atoms with E-state index in [4.69, 9.17) is 19.3 Å². The minimum Gasteiger partial charge on any atom is -0.480 e. The van der Waals surface area contributed by atoms with Crippen LogP contribution in [0.3, 0.4) is 0 Å². The van der Waals surface area contributed by atoms with Crippen molar-refractivity contribution in [1.29, 1.82) is 0 Å². The highest BCUT2D eigenvalue weighted by Gasteiger charge is 2.50. The Morgan fingerprint density at radius 2 is 2.00 bits per heavy atom. The van der Waals surface area contributed by atoms with Gasteiger partial charge in [-0.2, -0.15) is 0 Å². The first-order valence-corrected chi connectivity index (χ1v) is 8.67. The zero-order valence-electron chi connectivity index (χ0n) is 15.1. The van der Waals surface area contributed by atoms with Crippen molar-refractivity contribution in [2.75, 3.05) is 38.8 Å². The number of aliphatic carboxylic acids is 1. The molecule has 1 aromatic carbocycles. The van der Waals surface area contributed by atoms with Crippen molar-refractivity contribution < 1.29 is 24.1 Å². The number of ether oxygens (including phenoxy) is 3. The molecule has 0 bridgehead atoms. The van der Waals surface area contributed by atoms with Crippen LogP contribution in [0.25, 0.3) is 11.4 Å². The molecule has 10 heteroatoms. The topological polar surface area (TPSA) is 112 Å². The second-order valence-electron chi connectivity index (χ2n) is 6.79. The second kappa shape index (κ2) is 7.22. The SMILES string of the molecule is CN(C)c1ccc(-c2nnnn2[C@@H]2CO[C@@H]3[C@@H]2OC[C@H]3OCC(=O)O)cc1. The van der Waals surface area contributed by atoms with Crippen molar-refractivity contribution >= 4 is 11.7 Å². The van der Waals surface area contributed by atoms with Crippen molar-refractivity contribution in [3.05, 3.63) is 24.3 Å². The molecule has 2 fully saturated rings. The lowest BCUT2D eigenvalue weighted by molar-refractivity contribution is -0.146. The fraction of sp³-hybridized carbons (Fsp3) is 0.529. The van der Waals surface area contributed by atoms with E-state index in [1.807, 2.05) is 43.3 Å². The lowest BCUT2D eigenvalue weighted by Gasteiger charge is -2.18. The Kier molecular flexibility index (Phi) is 4.77. The molecule has 10 nitrogen and oxygen atoms in total. The van der Waals surface area contributed by atoms with Gasteiger partial charge in [-0.15, -0.1) is 5.10 Å². The summed E-state index contributed by atoms with van der Waals surface area (Å²) in [6.45, 7) is 0.282. The van der Waals surface area contributed by atoms with Gasteiger partial charge in [-0.05, 0) is 34.7 Å². The zero-order valence-corrected chi connectivity index (χ0v) is 15.1. The largest absolute Gasteiger partial charge is 0.480 e. The average Bonchev–Trinajstić information content (AvgIpc) is 3.36. The molecule has 144 valence electrons. The van der Waals surface area contributed by atoms with Crippen LogP contribution in [0, 0.1) is 0 Å². The molecule has 2 aliphatic heterocycles. The van der Waals surface area contributed by atoms with Gasteiger partial charge in [-0.1, -0.05) is 0 Å². The van der Waals surface area contributed by atoms with Gasteiger partial charge in [-0.25, -0.2) is 9.48 Å². The minimum absolute atomic E-state index is 0.202. The fourth-order valence-electron chi connectivity index (χ4n) is 3.49. The van der Waals surface area contributed by atoms with Gasteiger partial charge < -0.3 is 24.2 Å². The van der Waals surface area contributed by atoms with Gasteiger partial charge in [-0.3, -0.25) is 0 Å². The van der Waals surface area contributed by atoms with Crippen LogP contribution in [-0.2, 0) is 19.0 Å². The van der Waals surface area contributed by atoms with Crippen molar-refractivity contribution in [2.24, 2.45) is 0 Å². The molecular weight excluding hydrogens is 354 g/mol. The van der Waals surface area contributed by atoms with E-state index in [9.17, 15) is 4.79 Å². The summed E-state index contributed by atoms with van der Waals surface area (Å²) in [4.78, 5) is 12.7. The highest BCUT2D eigenvalue weighted by molar-refractivity contribution is 5.68. The van der Waals surface area contributed by atoms with E-state index < -0.39 is 12.1 Å². The number of nitrogens with zero attached hydrogens (tertiary/aromatic N) is 5. The third kappa shape index (κ3) is 3.38. The molecule has 4 rings (SSSR count). The van der Waals surface area contributed by atoms with Crippen molar-refractivity contribution in [1.82, 2.24) is 20.2 Å². The molecule has 2 saturated heterocycles. The first kappa shape index (κ1) is 17.8. The minimum atomic E-state index is -1.02. The van der Waals surface area contributed by atoms with E-state index in [0.29, 0.717) is 12.4 Å². The summed E-state index contributed by atoms with van der Waals surface area (Å²) in [5, 5.41) is 20.9. The van der Waals surface area contributed by atoms with E-state index in [0.717, 1.165) is 11.3 Å². The van der Waals surface area contributed by atoms with Gasteiger partial charge in [0, 0.05) is 25.3 Å². The van der Waals surface area contributed by atoms with Crippen LogP contribution in [0.15, 0.2) is 24.3 Å². The molecule has 0 saturated carbocycles. The average molecular weight is 375 g/mol. The Labute approximate surface area is 155 Å². The predicted octanol–water partition coefficient (Wildman–Crippen LogP) is 0.215. The molecule has 1 aromatic heterocycles. The van der Waals surface area contributed by atoms with Crippen LogP contribution < -0.4 is 4.90 Å². The molecule has 0 aliphatic carbocycles. The van der Waals surface area contributed by atoms with E-state index in [-0.39, 0.29) is 31.5 Å². The fourth-order valence-corrected chi connectivity index (χ4v) is 3.49. The van der Waals surface area contributed by atoms with E-state index in [1.165, 1.54) is 0 Å². The molecule has 2 aliphatic rings. The summed E-state index contributed by atoms with van der Waals surface area (Å²) < 4.78 is 18.8. The molecule has 27 heavy (non-hydrogen) atoms. The lowest BCUT2D eigenvalue weighted by Crippen LogP contribution is -2.33. The number of rotatable bonds is 6. The van der Waals surface area contributed by atoms with Crippen LogP contribution >= 0.6 is 0 Å². The Morgan fingerprint density at radius 3 is 2.70 bits per heavy atom. The normalized spacial score (nSPS) is 26.9. The van der Waals surface area contributed by atoms with Crippen LogP contribution in [0.2, 0.25) is 0 Å². The van der Waals surface area contributed by atoms with Crippen LogP contribution in [-0.4, -0.2) is 83.5 Å².